The zero-order valence-corrected chi connectivity index (χ0v) is 12.5. The Labute approximate surface area is 124 Å². The Morgan fingerprint density at radius 3 is 3.05 bits per heavy atom. The first-order chi connectivity index (χ1) is 9.99. The number of amides is 1. The van der Waals surface area contributed by atoms with Crippen LogP contribution in [0.25, 0.3) is 0 Å². The number of carbonyl (C=O) groups excluding carboxylic acids is 1. The molecule has 0 spiro atoms. The summed E-state index contributed by atoms with van der Waals surface area (Å²) in [5, 5.41) is 12.1. The molecule has 6 heteroatoms. The average Bonchev–Trinajstić information content (AvgIpc) is 2.45. The van der Waals surface area contributed by atoms with E-state index in [1.807, 2.05) is 24.8 Å². The van der Waals surface area contributed by atoms with Crippen molar-refractivity contribution in [1.29, 1.82) is 0 Å². The van der Waals surface area contributed by atoms with Crippen LogP contribution in [0.1, 0.15) is 12.5 Å². The van der Waals surface area contributed by atoms with Gasteiger partial charge in [0.2, 0.25) is 5.91 Å². The smallest absolute Gasteiger partial charge is 0.238 e. The van der Waals surface area contributed by atoms with Gasteiger partial charge in [-0.05, 0) is 31.5 Å². The molecule has 1 aliphatic rings. The van der Waals surface area contributed by atoms with Gasteiger partial charge in [-0.25, -0.2) is 0 Å². The predicted octanol–water partition coefficient (Wildman–Crippen LogP) is 0.597. The van der Waals surface area contributed by atoms with Crippen molar-refractivity contribution in [1.82, 2.24) is 4.90 Å². The van der Waals surface area contributed by atoms with E-state index in [9.17, 15) is 4.79 Å². The van der Waals surface area contributed by atoms with E-state index in [1.54, 1.807) is 12.1 Å². The van der Waals surface area contributed by atoms with Crippen molar-refractivity contribution >= 4 is 17.3 Å². The minimum Gasteiger partial charge on any atom is -0.399 e. The number of hydrogen-bond donors (Lipinski definition) is 3. The molecule has 0 aromatic heterocycles. The van der Waals surface area contributed by atoms with E-state index in [-0.39, 0.29) is 31.2 Å². The van der Waals surface area contributed by atoms with Crippen LogP contribution < -0.4 is 11.1 Å². The standard InChI is InChI=1S/C15H23N3O3/c1-10-3-4-12(16)5-14(10)17-15(20)7-18-6-13(8-19)21-9-11(18)2/h3-5,11,13,19H,6-9,16H2,1-2H3,(H,17,20). The summed E-state index contributed by atoms with van der Waals surface area (Å²) in [6.45, 7) is 5.26. The van der Waals surface area contributed by atoms with Gasteiger partial charge in [0.15, 0.2) is 0 Å². The molecule has 116 valence electrons. The predicted molar refractivity (Wildman–Crippen MR) is 82.1 cm³/mol. The topological polar surface area (TPSA) is 87.8 Å². The van der Waals surface area contributed by atoms with Crippen LogP contribution >= 0.6 is 0 Å². The van der Waals surface area contributed by atoms with E-state index < -0.39 is 0 Å². The summed E-state index contributed by atoms with van der Waals surface area (Å²) in [5.74, 6) is -0.0888. The van der Waals surface area contributed by atoms with Gasteiger partial charge in [0.05, 0.1) is 25.9 Å². The number of hydrogen-bond acceptors (Lipinski definition) is 5. The largest absolute Gasteiger partial charge is 0.399 e. The van der Waals surface area contributed by atoms with Crippen LogP contribution in [0.3, 0.4) is 0 Å². The zero-order valence-electron chi connectivity index (χ0n) is 12.5. The molecule has 1 fully saturated rings. The van der Waals surface area contributed by atoms with E-state index in [1.165, 1.54) is 0 Å². The fourth-order valence-electron chi connectivity index (χ4n) is 2.35. The minimum atomic E-state index is -0.219. The molecule has 0 bridgehead atoms. The van der Waals surface area contributed by atoms with E-state index >= 15 is 0 Å². The molecule has 1 saturated heterocycles. The SMILES string of the molecule is Cc1ccc(N)cc1NC(=O)CN1CC(CO)OCC1C. The number of aliphatic hydroxyl groups excluding tert-OH is 1. The van der Waals surface area contributed by atoms with Gasteiger partial charge in [-0.1, -0.05) is 6.07 Å². The molecule has 21 heavy (non-hydrogen) atoms. The summed E-state index contributed by atoms with van der Waals surface area (Å²) < 4.78 is 5.46. The van der Waals surface area contributed by atoms with Crippen molar-refractivity contribution in [2.75, 3.05) is 37.4 Å². The molecule has 2 rings (SSSR count). The van der Waals surface area contributed by atoms with Crippen LogP contribution in [0, 0.1) is 6.92 Å². The van der Waals surface area contributed by atoms with Crippen LogP contribution in [0.2, 0.25) is 0 Å². The summed E-state index contributed by atoms with van der Waals surface area (Å²) >= 11 is 0. The second kappa shape index (κ2) is 6.89. The number of carbonyl (C=O) groups is 1. The van der Waals surface area contributed by atoms with Crippen molar-refractivity contribution in [3.63, 3.8) is 0 Å². The number of nitrogens with one attached hydrogen (secondary N) is 1. The number of aryl methyl sites for hydroxylation is 1. The van der Waals surface area contributed by atoms with Gasteiger partial charge in [-0.3, -0.25) is 9.69 Å². The van der Waals surface area contributed by atoms with E-state index in [0.717, 1.165) is 11.3 Å². The highest BCUT2D eigenvalue weighted by atomic mass is 16.5. The number of benzene rings is 1. The Morgan fingerprint density at radius 2 is 2.33 bits per heavy atom. The van der Waals surface area contributed by atoms with Crippen LogP contribution in [-0.2, 0) is 9.53 Å². The summed E-state index contributed by atoms with van der Waals surface area (Å²) in [4.78, 5) is 14.2. The number of aliphatic hydroxyl groups is 1. The third-order valence-electron chi connectivity index (χ3n) is 3.72. The molecule has 1 aliphatic heterocycles. The molecule has 4 N–H and O–H groups in total. The molecular weight excluding hydrogens is 270 g/mol. The van der Waals surface area contributed by atoms with Gasteiger partial charge in [0.25, 0.3) is 0 Å². The van der Waals surface area contributed by atoms with Crippen molar-refractivity contribution in [2.45, 2.75) is 26.0 Å². The van der Waals surface area contributed by atoms with Crippen molar-refractivity contribution in [3.05, 3.63) is 23.8 Å². The fraction of sp³-hybridized carbons (Fsp3) is 0.533. The Bertz CT molecular complexity index is 507. The van der Waals surface area contributed by atoms with Gasteiger partial charge in [0, 0.05) is 24.0 Å². The Hall–Kier alpha value is -1.63. The number of nitrogens with two attached hydrogens (primary N) is 1. The number of ether oxygens (including phenoxy) is 1. The van der Waals surface area contributed by atoms with E-state index in [0.29, 0.717) is 18.8 Å². The third kappa shape index (κ3) is 4.17. The quantitative estimate of drug-likeness (QED) is 0.708. The highest BCUT2D eigenvalue weighted by molar-refractivity contribution is 5.93. The molecule has 6 nitrogen and oxygen atoms in total. The number of morpholine rings is 1. The van der Waals surface area contributed by atoms with Crippen molar-refractivity contribution < 1.29 is 14.6 Å². The summed E-state index contributed by atoms with van der Waals surface area (Å²) in [7, 11) is 0. The third-order valence-corrected chi connectivity index (χ3v) is 3.72. The summed E-state index contributed by atoms with van der Waals surface area (Å²) in [6.07, 6.45) is -0.219. The molecule has 1 aromatic carbocycles. The first-order valence-electron chi connectivity index (χ1n) is 7.12. The van der Waals surface area contributed by atoms with Crippen molar-refractivity contribution in [3.8, 4) is 0 Å². The van der Waals surface area contributed by atoms with Gasteiger partial charge >= 0.3 is 0 Å². The van der Waals surface area contributed by atoms with Gasteiger partial charge in [-0.2, -0.15) is 0 Å². The van der Waals surface area contributed by atoms with E-state index in [2.05, 4.69) is 5.32 Å². The molecular formula is C15H23N3O3. The van der Waals surface area contributed by atoms with E-state index in [4.69, 9.17) is 15.6 Å². The van der Waals surface area contributed by atoms with Gasteiger partial charge in [0.1, 0.15) is 0 Å². The van der Waals surface area contributed by atoms with Crippen LogP contribution in [0.15, 0.2) is 18.2 Å². The molecule has 0 saturated carbocycles. The maximum absolute atomic E-state index is 12.2. The fourth-order valence-corrected chi connectivity index (χ4v) is 2.35. The van der Waals surface area contributed by atoms with Crippen LogP contribution in [0.4, 0.5) is 11.4 Å². The number of anilines is 2. The molecule has 1 amide bonds. The second-order valence-electron chi connectivity index (χ2n) is 5.54. The molecule has 0 radical (unpaired) electrons. The highest BCUT2D eigenvalue weighted by Gasteiger charge is 2.27. The first-order valence-corrected chi connectivity index (χ1v) is 7.12. The minimum absolute atomic E-state index is 0.0286. The number of rotatable bonds is 4. The molecule has 1 aromatic rings. The normalized spacial score (nSPS) is 23.0. The monoisotopic (exact) mass is 293 g/mol. The molecule has 1 heterocycles. The zero-order chi connectivity index (χ0) is 15.4. The Morgan fingerprint density at radius 1 is 1.57 bits per heavy atom. The lowest BCUT2D eigenvalue weighted by atomic mass is 10.1. The Balaban J connectivity index is 1.96. The van der Waals surface area contributed by atoms with Crippen LogP contribution in [-0.4, -0.2) is 54.4 Å². The summed E-state index contributed by atoms with van der Waals surface area (Å²) in [5.41, 5.74) is 8.07. The van der Waals surface area contributed by atoms with Crippen molar-refractivity contribution in [2.24, 2.45) is 0 Å². The Kier molecular flexibility index (Phi) is 5.17. The van der Waals surface area contributed by atoms with Crippen LogP contribution in [0.5, 0.6) is 0 Å². The second-order valence-corrected chi connectivity index (χ2v) is 5.54. The maximum Gasteiger partial charge on any atom is 0.238 e. The number of nitrogen functional groups attached to an aromatic ring is 1. The number of nitrogens with zero attached hydrogens (tertiary/aromatic N) is 1. The highest BCUT2D eigenvalue weighted by Crippen LogP contribution is 2.18. The average molecular weight is 293 g/mol. The lowest BCUT2D eigenvalue weighted by Gasteiger charge is -2.36. The molecule has 0 aliphatic carbocycles. The molecule has 2 atom stereocenters. The molecule has 2 unspecified atom stereocenters. The lowest BCUT2D eigenvalue weighted by molar-refractivity contribution is -0.122. The maximum atomic E-state index is 12.2. The van der Waals surface area contributed by atoms with Gasteiger partial charge < -0.3 is 20.9 Å². The van der Waals surface area contributed by atoms with Gasteiger partial charge in [-0.15, -0.1) is 0 Å². The summed E-state index contributed by atoms with van der Waals surface area (Å²) in [6, 6.07) is 5.60. The first kappa shape index (κ1) is 15.8. The lowest BCUT2D eigenvalue weighted by Crippen LogP contribution is -2.51.